The number of hydrogen-bond donors (Lipinski definition) is 9. The molecule has 5 unspecified atom stereocenters. The van der Waals surface area contributed by atoms with Crippen molar-refractivity contribution in [2.45, 2.75) is 102 Å². The van der Waals surface area contributed by atoms with E-state index in [1.54, 1.807) is 37.3 Å². The lowest BCUT2D eigenvalue weighted by Gasteiger charge is -2.26. The van der Waals surface area contributed by atoms with Gasteiger partial charge in [-0.15, -0.1) is 0 Å². The van der Waals surface area contributed by atoms with E-state index in [4.69, 9.17) is 11.5 Å². The molecule has 2 rings (SSSR count). The van der Waals surface area contributed by atoms with Crippen molar-refractivity contribution >= 4 is 47.4 Å². The van der Waals surface area contributed by atoms with Crippen molar-refractivity contribution in [3.05, 3.63) is 35.9 Å². The Labute approximate surface area is 308 Å². The minimum absolute atomic E-state index is 0.0258. The lowest BCUT2D eigenvalue weighted by molar-refractivity contribution is -0.141. The third-order valence-corrected chi connectivity index (χ3v) is 8.78. The lowest BCUT2D eigenvalue weighted by atomic mass is 9.84. The molecule has 11 N–H and O–H groups in total. The third kappa shape index (κ3) is 16.4. The maximum Gasteiger partial charge on any atom is 0.305 e. The number of carbonyl (C=O) groups is 7. The number of rotatable bonds is 17. The second kappa shape index (κ2) is 22.3. The van der Waals surface area contributed by atoms with Gasteiger partial charge in [0, 0.05) is 25.9 Å². The van der Waals surface area contributed by atoms with E-state index in [-0.39, 0.29) is 57.1 Å². The van der Waals surface area contributed by atoms with Crippen LogP contribution in [0.25, 0.3) is 0 Å². The standard InChI is InChI=1S/C35H52N10O8/c1-3-35(2,21-36)15-14-27(46)39-16-8-7-12-23-31(51)43-24(13-9-17-40-34(37)38)32(52)45-26(19-29(48)49)30(50)41-20-28(47)42-25(33(53)44-23)18-22-10-5-4-6-11-22/h4-6,10-11,23-26H,3,7-9,12-20H2,1-2H3,(H,39,46)(H,41,50)(H,42,47)(H,43,51)(H,44,53)(H,45,52)(H,48,49)(H4,37,38,40). The minimum Gasteiger partial charge on any atom is -0.481 e. The molecule has 0 saturated carbocycles. The molecule has 0 aromatic heterocycles. The van der Waals surface area contributed by atoms with Gasteiger partial charge in [0.15, 0.2) is 5.96 Å². The predicted octanol–water partition coefficient (Wildman–Crippen LogP) is -1.17. The molecule has 1 aliphatic rings. The maximum absolute atomic E-state index is 13.8. The van der Waals surface area contributed by atoms with Crippen molar-refractivity contribution in [3.8, 4) is 6.07 Å². The first-order valence-electron chi connectivity index (χ1n) is 17.6. The van der Waals surface area contributed by atoms with Gasteiger partial charge >= 0.3 is 5.97 Å². The number of carboxylic acids is 1. The number of carbonyl (C=O) groups excluding carboxylic acids is 6. The average molecular weight is 741 g/mol. The number of hydrogen-bond acceptors (Lipinski definition) is 9. The average Bonchev–Trinajstić information content (AvgIpc) is 3.12. The zero-order valence-electron chi connectivity index (χ0n) is 30.2. The summed E-state index contributed by atoms with van der Waals surface area (Å²) in [6, 6.07) is 5.73. The van der Waals surface area contributed by atoms with Gasteiger partial charge in [-0.3, -0.25) is 38.6 Å². The first kappa shape index (κ1) is 43.4. The Morgan fingerprint density at radius 1 is 0.906 bits per heavy atom. The minimum atomic E-state index is -1.60. The van der Waals surface area contributed by atoms with Crippen LogP contribution in [0.3, 0.4) is 0 Å². The van der Waals surface area contributed by atoms with E-state index in [1.165, 1.54) is 0 Å². The van der Waals surface area contributed by atoms with Crippen molar-refractivity contribution in [2.75, 3.05) is 19.6 Å². The fraction of sp³-hybridized carbons (Fsp3) is 0.571. The third-order valence-electron chi connectivity index (χ3n) is 8.78. The summed E-state index contributed by atoms with van der Waals surface area (Å²) in [4.78, 5) is 94.8. The molecule has 1 heterocycles. The molecule has 1 aromatic carbocycles. The number of nitriles is 1. The summed E-state index contributed by atoms with van der Waals surface area (Å²) >= 11 is 0. The number of aliphatic carboxylic acids is 1. The van der Waals surface area contributed by atoms with Gasteiger partial charge in [0.1, 0.15) is 24.2 Å². The molecule has 0 radical (unpaired) electrons. The van der Waals surface area contributed by atoms with Gasteiger partial charge in [0.05, 0.1) is 24.4 Å². The summed E-state index contributed by atoms with van der Waals surface area (Å²) in [5.41, 5.74) is 10.9. The zero-order valence-corrected chi connectivity index (χ0v) is 30.2. The van der Waals surface area contributed by atoms with Crippen LogP contribution in [0.4, 0.5) is 0 Å². The number of nitrogens with two attached hydrogens (primary N) is 2. The summed E-state index contributed by atoms with van der Waals surface area (Å²) < 4.78 is 0. The fourth-order valence-electron chi connectivity index (χ4n) is 5.33. The van der Waals surface area contributed by atoms with Crippen LogP contribution >= 0.6 is 0 Å². The lowest BCUT2D eigenvalue weighted by Crippen LogP contribution is -2.58. The van der Waals surface area contributed by atoms with Crippen molar-refractivity contribution in [1.82, 2.24) is 31.9 Å². The summed E-state index contributed by atoms with van der Waals surface area (Å²) in [5.74, 6) is -5.88. The molecule has 0 aliphatic carbocycles. The zero-order chi connectivity index (χ0) is 39.4. The topological polar surface area (TPSA) is 300 Å². The van der Waals surface area contributed by atoms with Crippen LogP contribution < -0.4 is 43.4 Å². The molecular weight excluding hydrogens is 688 g/mol. The summed E-state index contributed by atoms with van der Waals surface area (Å²) in [6.45, 7) is 3.41. The van der Waals surface area contributed by atoms with Gasteiger partial charge in [0.2, 0.25) is 35.4 Å². The second-order valence-electron chi connectivity index (χ2n) is 13.1. The van der Waals surface area contributed by atoms with Crippen LogP contribution in [-0.2, 0) is 40.0 Å². The van der Waals surface area contributed by atoms with Crippen molar-refractivity contribution in [3.63, 3.8) is 0 Å². The van der Waals surface area contributed by atoms with Crippen LogP contribution in [0.15, 0.2) is 35.3 Å². The largest absolute Gasteiger partial charge is 0.481 e. The van der Waals surface area contributed by atoms with Gasteiger partial charge in [-0.25, -0.2) is 0 Å². The Morgan fingerprint density at radius 2 is 1.51 bits per heavy atom. The highest BCUT2D eigenvalue weighted by Crippen LogP contribution is 2.25. The number of unbranched alkanes of at least 4 members (excludes halogenated alkanes) is 1. The molecular formula is C35H52N10O8. The molecule has 1 saturated heterocycles. The molecule has 53 heavy (non-hydrogen) atoms. The Bertz CT molecular complexity index is 1510. The highest BCUT2D eigenvalue weighted by atomic mass is 16.4. The molecule has 18 nitrogen and oxygen atoms in total. The SMILES string of the molecule is CCC(C)(C#N)CCC(=O)NCCCCC1NC(=O)C(Cc2ccccc2)NC(=O)CNC(=O)C(CC(=O)O)NC(=O)C(CCCN=C(N)N)NC1=O. The van der Waals surface area contributed by atoms with E-state index >= 15 is 0 Å². The van der Waals surface area contributed by atoms with Crippen LogP contribution in [0, 0.1) is 16.7 Å². The van der Waals surface area contributed by atoms with Crippen LogP contribution in [0.2, 0.25) is 0 Å². The highest BCUT2D eigenvalue weighted by Gasteiger charge is 2.33. The normalized spacial score (nSPS) is 21.0. The van der Waals surface area contributed by atoms with Crippen LogP contribution in [0.1, 0.15) is 77.2 Å². The summed E-state index contributed by atoms with van der Waals surface area (Å²) in [5, 5.41) is 34.2. The van der Waals surface area contributed by atoms with E-state index in [2.05, 4.69) is 43.0 Å². The number of benzene rings is 1. The first-order chi connectivity index (χ1) is 25.2. The molecule has 1 aromatic rings. The number of carboxylic acid groups (broad SMARTS) is 1. The molecule has 0 bridgehead atoms. The molecule has 5 atom stereocenters. The van der Waals surface area contributed by atoms with Crippen molar-refractivity contribution in [2.24, 2.45) is 21.9 Å². The molecule has 18 heteroatoms. The van der Waals surface area contributed by atoms with Gasteiger partial charge in [-0.1, -0.05) is 37.3 Å². The van der Waals surface area contributed by atoms with Gasteiger partial charge in [0.25, 0.3) is 0 Å². The number of amides is 6. The van der Waals surface area contributed by atoms with Crippen molar-refractivity contribution < 1.29 is 38.7 Å². The van der Waals surface area contributed by atoms with E-state index in [0.29, 0.717) is 31.2 Å². The number of nitrogens with zero attached hydrogens (tertiary/aromatic N) is 2. The molecule has 290 valence electrons. The number of guanidine groups is 1. The number of nitrogens with one attached hydrogen (secondary N) is 6. The first-order valence-corrected chi connectivity index (χ1v) is 17.6. The fourth-order valence-corrected chi connectivity index (χ4v) is 5.33. The number of aliphatic imine (C=N–C) groups is 1. The predicted molar refractivity (Wildman–Crippen MR) is 193 cm³/mol. The van der Waals surface area contributed by atoms with E-state index < -0.39 is 78.1 Å². The van der Waals surface area contributed by atoms with Crippen LogP contribution in [0.5, 0.6) is 0 Å². The smallest absolute Gasteiger partial charge is 0.305 e. The maximum atomic E-state index is 13.8. The Hall–Kier alpha value is -5.73. The van der Waals surface area contributed by atoms with Crippen molar-refractivity contribution in [1.29, 1.82) is 5.26 Å². The van der Waals surface area contributed by atoms with Crippen LogP contribution in [-0.4, -0.2) is 96.3 Å². The van der Waals surface area contributed by atoms with Gasteiger partial charge < -0.3 is 48.5 Å². The van der Waals surface area contributed by atoms with Gasteiger partial charge in [-0.05, 0) is 57.4 Å². The molecule has 1 aliphatic heterocycles. The Morgan fingerprint density at radius 3 is 2.09 bits per heavy atom. The summed E-state index contributed by atoms with van der Waals surface area (Å²) in [6.07, 6.45) is 1.42. The monoisotopic (exact) mass is 740 g/mol. The molecule has 0 spiro atoms. The highest BCUT2D eigenvalue weighted by molar-refractivity contribution is 5.98. The molecule has 1 fully saturated rings. The second-order valence-corrected chi connectivity index (χ2v) is 13.1. The van der Waals surface area contributed by atoms with E-state index in [0.717, 1.165) is 0 Å². The van der Waals surface area contributed by atoms with Gasteiger partial charge in [-0.2, -0.15) is 5.26 Å². The summed E-state index contributed by atoms with van der Waals surface area (Å²) in [7, 11) is 0. The molecule has 6 amide bonds. The van der Waals surface area contributed by atoms with E-state index in [9.17, 15) is 43.9 Å². The van der Waals surface area contributed by atoms with E-state index in [1.807, 2.05) is 6.92 Å². The Kier molecular flexibility index (Phi) is 18.2. The quantitative estimate of drug-likeness (QED) is 0.0521. The Balaban J connectivity index is 2.34.